The van der Waals surface area contributed by atoms with Crippen molar-refractivity contribution < 1.29 is 9.53 Å². The van der Waals surface area contributed by atoms with E-state index in [4.69, 9.17) is 16.3 Å². The summed E-state index contributed by atoms with van der Waals surface area (Å²) in [6, 6.07) is 15.9. The zero-order valence-corrected chi connectivity index (χ0v) is 16.1. The number of benzene rings is 2. The second kappa shape index (κ2) is 8.56. The fourth-order valence-electron chi connectivity index (χ4n) is 3.17. The van der Waals surface area contributed by atoms with Crippen LogP contribution in [-0.2, 0) is 11.3 Å². The molecule has 0 N–H and O–H groups in total. The van der Waals surface area contributed by atoms with Crippen molar-refractivity contribution in [1.82, 2.24) is 9.80 Å². The number of nitrogens with zero attached hydrogens (tertiary/aromatic N) is 2. The number of halogens is 1. The quantitative estimate of drug-likeness (QED) is 0.801. The van der Waals surface area contributed by atoms with E-state index >= 15 is 0 Å². The van der Waals surface area contributed by atoms with Crippen LogP contribution in [0.2, 0.25) is 5.02 Å². The Hall–Kier alpha value is -2.04. The molecule has 0 radical (unpaired) electrons. The molecule has 1 aliphatic rings. The van der Waals surface area contributed by atoms with E-state index in [2.05, 4.69) is 29.2 Å². The van der Waals surface area contributed by atoms with Gasteiger partial charge in [-0.05, 0) is 43.2 Å². The van der Waals surface area contributed by atoms with Crippen LogP contribution in [0.15, 0.2) is 48.5 Å². The lowest BCUT2D eigenvalue weighted by Gasteiger charge is -2.35. The lowest BCUT2D eigenvalue weighted by atomic mass is 10.2. The molecule has 0 spiro atoms. The monoisotopic (exact) mass is 372 g/mol. The van der Waals surface area contributed by atoms with E-state index < -0.39 is 6.10 Å². The number of aryl methyl sites for hydroxylation is 1. The van der Waals surface area contributed by atoms with Crippen LogP contribution < -0.4 is 4.74 Å². The maximum absolute atomic E-state index is 12.7. The van der Waals surface area contributed by atoms with Gasteiger partial charge in [-0.2, -0.15) is 0 Å². The van der Waals surface area contributed by atoms with Crippen LogP contribution in [0, 0.1) is 6.92 Å². The molecule has 1 saturated heterocycles. The molecule has 1 atom stereocenters. The summed E-state index contributed by atoms with van der Waals surface area (Å²) in [5.74, 6) is 0.715. The third kappa shape index (κ3) is 4.77. The summed E-state index contributed by atoms with van der Waals surface area (Å²) in [5.41, 5.74) is 2.25. The highest BCUT2D eigenvalue weighted by molar-refractivity contribution is 6.31. The maximum Gasteiger partial charge on any atom is 0.263 e. The first-order valence-corrected chi connectivity index (χ1v) is 9.38. The minimum atomic E-state index is -0.503. The summed E-state index contributed by atoms with van der Waals surface area (Å²) >= 11 is 6.04. The zero-order chi connectivity index (χ0) is 18.5. The first-order chi connectivity index (χ1) is 12.5. The van der Waals surface area contributed by atoms with E-state index in [1.807, 2.05) is 30.9 Å². The Bertz CT molecular complexity index is 743. The van der Waals surface area contributed by atoms with Crippen LogP contribution in [-0.4, -0.2) is 48.0 Å². The summed E-state index contributed by atoms with van der Waals surface area (Å²) in [4.78, 5) is 17.0. The van der Waals surface area contributed by atoms with Gasteiger partial charge in [0, 0.05) is 37.7 Å². The van der Waals surface area contributed by atoms with E-state index in [0.717, 1.165) is 38.3 Å². The van der Waals surface area contributed by atoms with E-state index in [-0.39, 0.29) is 5.91 Å². The van der Waals surface area contributed by atoms with Crippen LogP contribution in [0.3, 0.4) is 0 Å². The molecule has 3 rings (SSSR count). The zero-order valence-electron chi connectivity index (χ0n) is 15.3. The van der Waals surface area contributed by atoms with Gasteiger partial charge in [0.1, 0.15) is 5.75 Å². The van der Waals surface area contributed by atoms with Gasteiger partial charge >= 0.3 is 0 Å². The second-order valence-corrected chi connectivity index (χ2v) is 7.17. The Balaban J connectivity index is 1.50. The molecule has 0 unspecified atom stereocenters. The molecule has 0 saturated carbocycles. The highest BCUT2D eigenvalue weighted by Gasteiger charge is 2.26. The molecule has 0 aliphatic carbocycles. The Kier molecular flexibility index (Phi) is 6.17. The molecule has 1 fully saturated rings. The normalized spacial score (nSPS) is 16.3. The van der Waals surface area contributed by atoms with Crippen LogP contribution >= 0.6 is 11.6 Å². The molecule has 0 aromatic heterocycles. The number of amides is 1. The van der Waals surface area contributed by atoms with E-state index in [9.17, 15) is 4.79 Å². The molecule has 138 valence electrons. The summed E-state index contributed by atoms with van der Waals surface area (Å²) in [7, 11) is 0. The topological polar surface area (TPSA) is 32.8 Å². The third-order valence-electron chi connectivity index (χ3n) is 4.72. The number of rotatable bonds is 5. The molecule has 26 heavy (non-hydrogen) atoms. The van der Waals surface area contributed by atoms with Crippen molar-refractivity contribution >= 4 is 17.5 Å². The predicted molar refractivity (Wildman–Crippen MR) is 105 cm³/mol. The summed E-state index contributed by atoms with van der Waals surface area (Å²) in [5, 5.41) is 0.700. The number of hydrogen-bond acceptors (Lipinski definition) is 3. The Morgan fingerprint density at radius 2 is 1.81 bits per heavy atom. The molecule has 4 nitrogen and oxygen atoms in total. The van der Waals surface area contributed by atoms with Crippen molar-refractivity contribution in [3.8, 4) is 5.75 Å². The number of carbonyl (C=O) groups excluding carboxylic acids is 1. The molecule has 2 aromatic carbocycles. The number of carbonyl (C=O) groups is 1. The van der Waals surface area contributed by atoms with E-state index in [1.165, 1.54) is 5.56 Å². The van der Waals surface area contributed by atoms with E-state index in [1.54, 1.807) is 12.1 Å². The molecule has 1 aliphatic heterocycles. The van der Waals surface area contributed by atoms with Crippen molar-refractivity contribution in [3.05, 3.63) is 64.7 Å². The van der Waals surface area contributed by atoms with Gasteiger partial charge in [0.25, 0.3) is 5.91 Å². The SMILES string of the molecule is Cc1cc(O[C@H](C)C(=O)N2CCN(Cc3ccccc3)CC2)ccc1Cl. The smallest absolute Gasteiger partial charge is 0.263 e. The molecule has 2 aromatic rings. The Labute approximate surface area is 160 Å². The van der Waals surface area contributed by atoms with Crippen molar-refractivity contribution in [2.45, 2.75) is 26.5 Å². The van der Waals surface area contributed by atoms with Gasteiger partial charge in [-0.3, -0.25) is 9.69 Å². The van der Waals surface area contributed by atoms with Crippen LogP contribution in [0.4, 0.5) is 0 Å². The number of hydrogen-bond donors (Lipinski definition) is 0. The highest BCUT2D eigenvalue weighted by Crippen LogP contribution is 2.22. The van der Waals surface area contributed by atoms with Gasteiger partial charge in [0.15, 0.2) is 6.10 Å². The number of piperazine rings is 1. The third-order valence-corrected chi connectivity index (χ3v) is 5.15. The maximum atomic E-state index is 12.7. The van der Waals surface area contributed by atoms with Gasteiger partial charge in [0.2, 0.25) is 0 Å². The van der Waals surface area contributed by atoms with Gasteiger partial charge < -0.3 is 9.64 Å². The fraction of sp³-hybridized carbons (Fsp3) is 0.381. The average molecular weight is 373 g/mol. The van der Waals surface area contributed by atoms with Crippen molar-refractivity contribution in [2.75, 3.05) is 26.2 Å². The Morgan fingerprint density at radius 3 is 2.46 bits per heavy atom. The molecule has 5 heteroatoms. The largest absolute Gasteiger partial charge is 0.481 e. The predicted octanol–water partition coefficient (Wildman–Crippen LogP) is 3.76. The molecular formula is C21H25ClN2O2. The molecule has 1 heterocycles. The lowest BCUT2D eigenvalue weighted by Crippen LogP contribution is -2.51. The lowest BCUT2D eigenvalue weighted by molar-refractivity contribution is -0.139. The van der Waals surface area contributed by atoms with Crippen LogP contribution in [0.5, 0.6) is 5.75 Å². The van der Waals surface area contributed by atoms with Crippen molar-refractivity contribution in [3.63, 3.8) is 0 Å². The Morgan fingerprint density at radius 1 is 1.12 bits per heavy atom. The van der Waals surface area contributed by atoms with Gasteiger partial charge in [-0.15, -0.1) is 0 Å². The van der Waals surface area contributed by atoms with Gasteiger partial charge in [-0.1, -0.05) is 41.9 Å². The molecule has 1 amide bonds. The fourth-order valence-corrected chi connectivity index (χ4v) is 3.29. The van der Waals surface area contributed by atoms with Crippen molar-refractivity contribution in [2.24, 2.45) is 0 Å². The van der Waals surface area contributed by atoms with Crippen molar-refractivity contribution in [1.29, 1.82) is 0 Å². The summed E-state index contributed by atoms with van der Waals surface area (Å²) < 4.78 is 5.82. The standard InChI is InChI=1S/C21H25ClN2O2/c1-16-14-19(8-9-20(16)22)26-17(2)21(25)24-12-10-23(11-13-24)15-18-6-4-3-5-7-18/h3-9,14,17H,10-13,15H2,1-2H3/t17-/m1/s1. The van der Waals surface area contributed by atoms with Gasteiger partial charge in [0.05, 0.1) is 0 Å². The van der Waals surface area contributed by atoms with Crippen LogP contribution in [0.25, 0.3) is 0 Å². The van der Waals surface area contributed by atoms with E-state index in [0.29, 0.717) is 10.8 Å². The molecule has 0 bridgehead atoms. The van der Waals surface area contributed by atoms with Gasteiger partial charge in [-0.25, -0.2) is 0 Å². The first-order valence-electron chi connectivity index (χ1n) is 9.01. The first kappa shape index (κ1) is 18.7. The minimum Gasteiger partial charge on any atom is -0.481 e. The second-order valence-electron chi connectivity index (χ2n) is 6.76. The summed E-state index contributed by atoms with van der Waals surface area (Å²) in [6.45, 7) is 7.90. The average Bonchev–Trinajstić information content (AvgIpc) is 2.65. The highest BCUT2D eigenvalue weighted by atomic mass is 35.5. The molecular weight excluding hydrogens is 348 g/mol. The van der Waals surface area contributed by atoms with Crippen LogP contribution in [0.1, 0.15) is 18.1 Å². The summed E-state index contributed by atoms with van der Waals surface area (Å²) in [6.07, 6.45) is -0.503. The minimum absolute atomic E-state index is 0.0389. The number of ether oxygens (including phenoxy) is 1.